The molecule has 7 heteroatoms. The van der Waals surface area contributed by atoms with Gasteiger partial charge in [0.05, 0.1) is 11.5 Å². The van der Waals surface area contributed by atoms with Crippen molar-refractivity contribution in [1.29, 1.82) is 0 Å². The lowest BCUT2D eigenvalue weighted by molar-refractivity contribution is 0.281. The Morgan fingerprint density at radius 3 is 2.68 bits per heavy atom. The molecule has 0 atom stereocenters. The smallest absolute Gasteiger partial charge is 0.240 e. The summed E-state index contributed by atoms with van der Waals surface area (Å²) in [7, 11) is -3.55. The maximum Gasteiger partial charge on any atom is 0.240 e. The van der Waals surface area contributed by atoms with Gasteiger partial charge in [-0.15, -0.1) is 0 Å². The Morgan fingerprint density at radius 2 is 2.16 bits per heavy atom. The zero-order chi connectivity index (χ0) is 14.1. The molecule has 1 aromatic rings. The molecule has 1 aliphatic rings. The number of nitrogens with one attached hydrogen (secondary N) is 1. The predicted molar refractivity (Wildman–Crippen MR) is 78.0 cm³/mol. The molecular formula is C12H16ClNO3S2. The minimum absolute atomic E-state index is 0.0688. The fourth-order valence-corrected chi connectivity index (χ4v) is 3.91. The molecule has 0 aliphatic heterocycles. The number of hydrogen-bond acceptors (Lipinski definition) is 4. The van der Waals surface area contributed by atoms with Crippen molar-refractivity contribution < 1.29 is 13.5 Å². The van der Waals surface area contributed by atoms with Crippen molar-refractivity contribution in [1.82, 2.24) is 4.72 Å². The van der Waals surface area contributed by atoms with E-state index in [9.17, 15) is 8.42 Å². The summed E-state index contributed by atoms with van der Waals surface area (Å²) in [6.45, 7) is 0.157. The first-order valence-electron chi connectivity index (χ1n) is 5.86. The topological polar surface area (TPSA) is 66.4 Å². The van der Waals surface area contributed by atoms with Crippen molar-refractivity contribution >= 4 is 33.4 Å². The van der Waals surface area contributed by atoms with E-state index in [2.05, 4.69) is 4.72 Å². The lowest BCUT2D eigenvalue weighted by Gasteiger charge is -2.14. The molecule has 0 spiro atoms. The van der Waals surface area contributed by atoms with Gasteiger partial charge < -0.3 is 5.11 Å². The molecule has 0 aromatic heterocycles. The summed E-state index contributed by atoms with van der Waals surface area (Å²) in [6, 6.07) is 4.34. The lowest BCUT2D eigenvalue weighted by atomic mass is 10.2. The molecule has 1 saturated carbocycles. The number of benzene rings is 1. The highest BCUT2D eigenvalue weighted by Gasteiger charge is 2.42. The van der Waals surface area contributed by atoms with Gasteiger partial charge in [-0.3, -0.25) is 0 Å². The van der Waals surface area contributed by atoms with Gasteiger partial charge in [-0.05, 0) is 42.9 Å². The quantitative estimate of drug-likeness (QED) is 0.841. The molecule has 2 rings (SSSR count). The van der Waals surface area contributed by atoms with Gasteiger partial charge in [0.2, 0.25) is 10.0 Å². The van der Waals surface area contributed by atoms with Crippen LogP contribution in [0.3, 0.4) is 0 Å². The molecule has 0 amide bonds. The number of thioether (sulfide) groups is 1. The molecule has 1 aliphatic carbocycles. The van der Waals surface area contributed by atoms with Crippen LogP contribution in [0.4, 0.5) is 0 Å². The van der Waals surface area contributed by atoms with Gasteiger partial charge in [-0.1, -0.05) is 11.6 Å². The van der Waals surface area contributed by atoms with Crippen LogP contribution in [0.2, 0.25) is 5.02 Å². The normalized spacial score (nSPS) is 17.4. The third kappa shape index (κ3) is 3.44. The van der Waals surface area contributed by atoms with E-state index in [1.54, 1.807) is 11.8 Å². The highest BCUT2D eigenvalue weighted by molar-refractivity contribution is 8.00. The first-order valence-corrected chi connectivity index (χ1v) is 8.95. The van der Waals surface area contributed by atoms with Crippen molar-refractivity contribution in [3.8, 4) is 0 Å². The Kier molecular flexibility index (Phi) is 4.47. The summed E-state index contributed by atoms with van der Waals surface area (Å²) in [4.78, 5) is 0.137. The average molecular weight is 322 g/mol. The van der Waals surface area contributed by atoms with E-state index in [0.29, 0.717) is 17.1 Å². The van der Waals surface area contributed by atoms with E-state index < -0.39 is 10.0 Å². The predicted octanol–water partition coefficient (Wildman–Crippen LogP) is 2.01. The molecule has 0 unspecified atom stereocenters. The number of halogens is 1. The van der Waals surface area contributed by atoms with E-state index in [1.165, 1.54) is 18.2 Å². The minimum Gasteiger partial charge on any atom is -0.392 e. The molecule has 0 saturated heterocycles. The summed E-state index contributed by atoms with van der Waals surface area (Å²) in [6.07, 6.45) is 4.08. The van der Waals surface area contributed by atoms with Gasteiger partial charge in [0.1, 0.15) is 0 Å². The Labute approximate surface area is 122 Å². The maximum atomic E-state index is 12.2. The number of rotatable bonds is 6. The van der Waals surface area contributed by atoms with Gasteiger partial charge >= 0.3 is 0 Å². The summed E-state index contributed by atoms with van der Waals surface area (Å²) in [5, 5.41) is 9.48. The van der Waals surface area contributed by atoms with Crippen molar-refractivity contribution in [2.45, 2.75) is 29.1 Å². The van der Waals surface area contributed by atoms with Gasteiger partial charge in [0.25, 0.3) is 0 Å². The molecule has 1 aromatic carbocycles. The molecule has 1 fully saturated rings. The molecule has 0 heterocycles. The standard InChI is InChI=1S/C12H16ClNO3S2/c1-18-12(4-5-12)8-14-19(16,17)10-2-3-11(13)9(6-10)7-15/h2-3,6,14-15H,4-5,7-8H2,1H3. The fraction of sp³-hybridized carbons (Fsp3) is 0.500. The van der Waals surface area contributed by atoms with Crippen LogP contribution in [0, 0.1) is 0 Å². The van der Waals surface area contributed by atoms with E-state index in [0.717, 1.165) is 12.8 Å². The zero-order valence-electron chi connectivity index (χ0n) is 10.5. The van der Waals surface area contributed by atoms with E-state index in [1.807, 2.05) is 6.26 Å². The van der Waals surface area contributed by atoms with Crippen LogP contribution in [0.1, 0.15) is 18.4 Å². The monoisotopic (exact) mass is 321 g/mol. The highest BCUT2D eigenvalue weighted by atomic mass is 35.5. The second-order valence-electron chi connectivity index (χ2n) is 4.62. The number of sulfonamides is 1. The van der Waals surface area contributed by atoms with E-state index >= 15 is 0 Å². The molecular weight excluding hydrogens is 306 g/mol. The second kappa shape index (κ2) is 5.61. The van der Waals surface area contributed by atoms with Crippen LogP contribution in [-0.2, 0) is 16.6 Å². The third-order valence-electron chi connectivity index (χ3n) is 3.32. The molecule has 4 nitrogen and oxygen atoms in total. The lowest BCUT2D eigenvalue weighted by Crippen LogP contribution is -2.31. The Bertz CT molecular complexity index is 570. The number of aliphatic hydroxyl groups is 1. The molecule has 19 heavy (non-hydrogen) atoms. The van der Waals surface area contributed by atoms with Gasteiger partial charge in [0, 0.05) is 16.3 Å². The van der Waals surface area contributed by atoms with Crippen molar-refractivity contribution in [3.63, 3.8) is 0 Å². The van der Waals surface area contributed by atoms with Crippen LogP contribution in [0.5, 0.6) is 0 Å². The first kappa shape index (κ1) is 15.1. The summed E-state index contributed by atoms with van der Waals surface area (Å²) in [5.74, 6) is 0. The maximum absolute atomic E-state index is 12.2. The van der Waals surface area contributed by atoms with Gasteiger partial charge in [-0.25, -0.2) is 13.1 Å². The number of aliphatic hydroxyl groups excluding tert-OH is 1. The van der Waals surface area contributed by atoms with Crippen molar-refractivity contribution in [2.24, 2.45) is 0 Å². The largest absolute Gasteiger partial charge is 0.392 e. The van der Waals surface area contributed by atoms with E-state index in [4.69, 9.17) is 16.7 Å². The van der Waals surface area contributed by atoms with Gasteiger partial charge in [-0.2, -0.15) is 11.8 Å². The molecule has 0 radical (unpaired) electrons. The Morgan fingerprint density at radius 1 is 1.47 bits per heavy atom. The summed E-state index contributed by atoms with van der Waals surface area (Å²) < 4.78 is 27.0. The molecule has 106 valence electrons. The number of hydrogen-bond donors (Lipinski definition) is 2. The third-order valence-corrected chi connectivity index (χ3v) is 6.51. The highest BCUT2D eigenvalue weighted by Crippen LogP contribution is 2.46. The van der Waals surface area contributed by atoms with Crippen LogP contribution in [-0.4, -0.2) is 31.1 Å². The SMILES string of the molecule is CSC1(CNS(=O)(=O)c2ccc(Cl)c(CO)c2)CC1. The van der Waals surface area contributed by atoms with Crippen LogP contribution in [0.15, 0.2) is 23.1 Å². The minimum atomic E-state index is -3.55. The van der Waals surface area contributed by atoms with E-state index in [-0.39, 0.29) is 16.2 Å². The first-order chi connectivity index (χ1) is 8.92. The fourth-order valence-electron chi connectivity index (χ4n) is 1.74. The van der Waals surface area contributed by atoms with Crippen molar-refractivity contribution in [2.75, 3.05) is 12.8 Å². The van der Waals surface area contributed by atoms with Crippen LogP contribution in [0.25, 0.3) is 0 Å². The average Bonchev–Trinajstić information content (AvgIpc) is 3.17. The Balaban J connectivity index is 2.15. The van der Waals surface area contributed by atoms with Gasteiger partial charge in [0.15, 0.2) is 0 Å². The molecule has 2 N–H and O–H groups in total. The Hall–Kier alpha value is -0.270. The van der Waals surface area contributed by atoms with Crippen LogP contribution >= 0.6 is 23.4 Å². The second-order valence-corrected chi connectivity index (χ2v) is 8.07. The zero-order valence-corrected chi connectivity index (χ0v) is 12.9. The molecule has 0 bridgehead atoms. The van der Waals surface area contributed by atoms with Crippen LogP contribution < -0.4 is 4.72 Å². The summed E-state index contributed by atoms with van der Waals surface area (Å²) >= 11 is 7.55. The summed E-state index contributed by atoms with van der Waals surface area (Å²) in [5.41, 5.74) is 0.413. The van der Waals surface area contributed by atoms with Crippen molar-refractivity contribution in [3.05, 3.63) is 28.8 Å².